The Hall–Kier alpha value is -2.05. The molecule has 1 aliphatic carbocycles. The van der Waals surface area contributed by atoms with Gasteiger partial charge in [0.15, 0.2) is 0 Å². The van der Waals surface area contributed by atoms with E-state index in [1.165, 1.54) is 0 Å². The third-order valence-corrected chi connectivity index (χ3v) is 5.74. The molecule has 28 heavy (non-hydrogen) atoms. The summed E-state index contributed by atoms with van der Waals surface area (Å²) in [5, 5.41) is 3.98. The molecule has 1 heterocycles. The molecule has 1 amide bonds. The van der Waals surface area contributed by atoms with Crippen LogP contribution in [0.5, 0.6) is 11.8 Å². The first-order valence-electron chi connectivity index (χ1n) is 9.20. The van der Waals surface area contributed by atoms with Gasteiger partial charge in [-0.25, -0.2) is 0 Å². The molecule has 0 bridgehead atoms. The van der Waals surface area contributed by atoms with E-state index >= 15 is 0 Å². The van der Waals surface area contributed by atoms with Crippen molar-refractivity contribution in [1.29, 1.82) is 0 Å². The lowest BCUT2D eigenvalue weighted by Crippen LogP contribution is -2.36. The molecule has 1 aromatic heterocycles. The number of aromatic nitrogens is 2. The van der Waals surface area contributed by atoms with Crippen molar-refractivity contribution in [2.75, 3.05) is 14.2 Å². The van der Waals surface area contributed by atoms with E-state index in [0.717, 1.165) is 31.2 Å². The van der Waals surface area contributed by atoms with E-state index in [4.69, 9.17) is 32.7 Å². The number of hydrogen-bond acceptors (Lipinski definition) is 5. The van der Waals surface area contributed by atoms with Gasteiger partial charge in [0.05, 0.1) is 30.3 Å². The zero-order chi connectivity index (χ0) is 20.1. The van der Waals surface area contributed by atoms with Gasteiger partial charge in [0.2, 0.25) is 17.7 Å². The zero-order valence-electron chi connectivity index (χ0n) is 15.9. The fourth-order valence-corrected chi connectivity index (χ4v) is 3.84. The predicted molar refractivity (Wildman–Crippen MR) is 108 cm³/mol. The average molecular weight is 424 g/mol. The summed E-state index contributed by atoms with van der Waals surface area (Å²) in [6.07, 6.45) is 3.68. The van der Waals surface area contributed by atoms with Crippen molar-refractivity contribution in [3.05, 3.63) is 45.7 Å². The molecular weight excluding hydrogens is 401 g/mol. The van der Waals surface area contributed by atoms with Crippen molar-refractivity contribution in [3.63, 3.8) is 0 Å². The molecule has 1 aliphatic rings. The highest BCUT2D eigenvalue weighted by Crippen LogP contribution is 2.37. The third kappa shape index (κ3) is 4.86. The molecule has 0 aliphatic heterocycles. The van der Waals surface area contributed by atoms with Crippen molar-refractivity contribution in [2.45, 2.75) is 38.1 Å². The zero-order valence-corrected chi connectivity index (χ0v) is 17.4. The van der Waals surface area contributed by atoms with Crippen LogP contribution in [0.4, 0.5) is 0 Å². The quantitative estimate of drug-likeness (QED) is 0.745. The number of nitrogens with one attached hydrogen (secondary N) is 1. The molecule has 8 heteroatoms. The van der Waals surface area contributed by atoms with Crippen LogP contribution >= 0.6 is 23.2 Å². The van der Waals surface area contributed by atoms with Gasteiger partial charge in [0.1, 0.15) is 5.82 Å². The molecule has 1 N–H and O–H groups in total. The lowest BCUT2D eigenvalue weighted by Gasteiger charge is -2.29. The number of carbonyl (C=O) groups is 1. The van der Waals surface area contributed by atoms with Gasteiger partial charge in [-0.2, -0.15) is 9.97 Å². The summed E-state index contributed by atoms with van der Waals surface area (Å²) in [7, 11) is 3.10. The fourth-order valence-electron chi connectivity index (χ4n) is 3.52. The number of nitrogens with zero attached hydrogens (tertiary/aromatic N) is 2. The predicted octanol–water partition coefficient (Wildman–Crippen LogP) is 4.39. The monoisotopic (exact) mass is 423 g/mol. The third-order valence-electron chi connectivity index (χ3n) is 5.00. The number of ether oxygens (including phenoxy) is 2. The second-order valence-corrected chi connectivity index (χ2v) is 7.59. The van der Waals surface area contributed by atoms with Gasteiger partial charge in [-0.05, 0) is 30.5 Å². The number of benzene rings is 1. The Labute approximate surface area is 174 Å². The Kier molecular flexibility index (Phi) is 6.97. The normalized spacial score (nSPS) is 19.1. The van der Waals surface area contributed by atoms with Crippen LogP contribution in [0.1, 0.15) is 43.0 Å². The highest BCUT2D eigenvalue weighted by Gasteiger charge is 2.34. The summed E-state index contributed by atoms with van der Waals surface area (Å²) < 4.78 is 10.5. The van der Waals surface area contributed by atoms with Gasteiger partial charge in [0, 0.05) is 18.4 Å². The topological polar surface area (TPSA) is 73.3 Å². The van der Waals surface area contributed by atoms with Gasteiger partial charge in [0.25, 0.3) is 0 Å². The molecular formula is C20H23Cl2N3O3. The van der Waals surface area contributed by atoms with Crippen LogP contribution in [0.15, 0.2) is 24.3 Å². The van der Waals surface area contributed by atoms with E-state index in [0.29, 0.717) is 34.2 Å². The van der Waals surface area contributed by atoms with E-state index in [1.54, 1.807) is 32.4 Å². The van der Waals surface area contributed by atoms with Crippen LogP contribution in [0.3, 0.4) is 0 Å². The smallest absolute Gasteiger partial charge is 0.224 e. The number of rotatable bonds is 6. The average Bonchev–Trinajstić information content (AvgIpc) is 2.73. The van der Waals surface area contributed by atoms with Crippen LogP contribution in [0.2, 0.25) is 10.0 Å². The van der Waals surface area contributed by atoms with E-state index in [9.17, 15) is 4.79 Å². The van der Waals surface area contributed by atoms with Gasteiger partial charge in [-0.1, -0.05) is 42.1 Å². The molecule has 6 nitrogen and oxygen atoms in total. The molecule has 1 saturated carbocycles. The van der Waals surface area contributed by atoms with E-state index in [1.807, 2.05) is 6.07 Å². The van der Waals surface area contributed by atoms with Crippen molar-refractivity contribution in [2.24, 2.45) is 5.92 Å². The molecule has 2 unspecified atom stereocenters. The number of halogens is 2. The first kappa shape index (κ1) is 20.7. The first-order chi connectivity index (χ1) is 13.5. The second-order valence-electron chi connectivity index (χ2n) is 6.77. The fraction of sp³-hybridized carbons (Fsp3) is 0.450. The summed E-state index contributed by atoms with van der Waals surface area (Å²) in [6, 6.07) is 6.97. The van der Waals surface area contributed by atoms with Crippen LogP contribution in [-0.4, -0.2) is 30.1 Å². The standard InChI is InChI=1S/C20H23Cl2N3O3/c1-27-17-10-18(28-2)25-19(24-17)13-5-3-4-6-14(13)20(26)23-11-12-7-8-15(21)16(22)9-12/h7-10,13-14H,3-6,11H2,1-2H3,(H,23,26). The van der Waals surface area contributed by atoms with Crippen molar-refractivity contribution >= 4 is 29.1 Å². The minimum atomic E-state index is -0.201. The molecule has 0 spiro atoms. The second kappa shape index (κ2) is 9.43. The van der Waals surface area contributed by atoms with Crippen molar-refractivity contribution in [3.8, 4) is 11.8 Å². The number of amides is 1. The Morgan fingerprint density at radius 1 is 1.07 bits per heavy atom. The summed E-state index contributed by atoms with van der Waals surface area (Å²) in [4.78, 5) is 21.9. The van der Waals surface area contributed by atoms with E-state index in [2.05, 4.69) is 15.3 Å². The molecule has 150 valence electrons. The van der Waals surface area contributed by atoms with Crippen LogP contribution in [-0.2, 0) is 11.3 Å². The van der Waals surface area contributed by atoms with E-state index in [-0.39, 0.29) is 17.7 Å². The molecule has 1 aromatic carbocycles. The summed E-state index contributed by atoms with van der Waals surface area (Å²) in [6.45, 7) is 0.390. The Morgan fingerprint density at radius 2 is 1.75 bits per heavy atom. The summed E-state index contributed by atoms with van der Waals surface area (Å²) in [5.74, 6) is 1.16. The molecule has 1 fully saturated rings. The maximum atomic E-state index is 12.9. The molecule has 0 saturated heterocycles. The van der Waals surface area contributed by atoms with Crippen LogP contribution in [0, 0.1) is 5.92 Å². The SMILES string of the molecule is COc1cc(OC)nc(C2CCCCC2C(=O)NCc2ccc(Cl)c(Cl)c2)n1. The van der Waals surface area contributed by atoms with Crippen molar-refractivity contribution < 1.29 is 14.3 Å². The van der Waals surface area contributed by atoms with Gasteiger partial charge in [-0.3, -0.25) is 4.79 Å². The minimum Gasteiger partial charge on any atom is -0.481 e. The lowest BCUT2D eigenvalue weighted by atomic mass is 9.78. The molecule has 0 radical (unpaired) electrons. The van der Waals surface area contributed by atoms with Gasteiger partial charge in [-0.15, -0.1) is 0 Å². The minimum absolute atomic E-state index is 0.0128. The maximum Gasteiger partial charge on any atom is 0.224 e. The largest absolute Gasteiger partial charge is 0.481 e. The molecule has 2 atom stereocenters. The lowest BCUT2D eigenvalue weighted by molar-refractivity contribution is -0.126. The molecule has 2 aromatic rings. The Morgan fingerprint density at radius 3 is 2.39 bits per heavy atom. The van der Waals surface area contributed by atoms with Crippen LogP contribution < -0.4 is 14.8 Å². The number of hydrogen-bond donors (Lipinski definition) is 1. The summed E-state index contributed by atoms with van der Waals surface area (Å²) in [5.41, 5.74) is 0.898. The Balaban J connectivity index is 1.75. The van der Waals surface area contributed by atoms with Gasteiger partial charge < -0.3 is 14.8 Å². The Bertz CT molecular complexity index is 825. The number of methoxy groups -OCH3 is 2. The van der Waals surface area contributed by atoms with E-state index < -0.39 is 0 Å². The summed E-state index contributed by atoms with van der Waals surface area (Å²) >= 11 is 12.0. The van der Waals surface area contributed by atoms with Crippen molar-refractivity contribution in [1.82, 2.24) is 15.3 Å². The van der Waals surface area contributed by atoms with Gasteiger partial charge >= 0.3 is 0 Å². The maximum absolute atomic E-state index is 12.9. The highest BCUT2D eigenvalue weighted by atomic mass is 35.5. The highest BCUT2D eigenvalue weighted by molar-refractivity contribution is 6.42. The molecule has 3 rings (SSSR count). The van der Waals surface area contributed by atoms with Crippen LogP contribution in [0.25, 0.3) is 0 Å². The number of carbonyl (C=O) groups excluding carboxylic acids is 1. The first-order valence-corrected chi connectivity index (χ1v) is 9.96.